The van der Waals surface area contributed by atoms with Gasteiger partial charge >= 0.3 is 5.63 Å². The number of anilines is 1. The van der Waals surface area contributed by atoms with Crippen molar-refractivity contribution in [3.05, 3.63) is 94.7 Å². The number of fused-ring (bicyclic) bond motifs is 1. The molecule has 0 aliphatic rings. The van der Waals surface area contributed by atoms with Gasteiger partial charge in [0, 0.05) is 41.2 Å². The standard InChI is InChI=1S/C28H24N2O3S/c1-3-30(4-2)21-13-10-20-16-24(28(31)33-26(20)17-21)27-29-25(18-34-27)19-11-14-23(15-12-19)32-22-8-6-5-7-9-22/h5-18H,3-4H2,1-2H3. The molecule has 170 valence electrons. The minimum absolute atomic E-state index is 0.378. The van der Waals surface area contributed by atoms with Gasteiger partial charge in [0.05, 0.1) is 11.3 Å². The fraction of sp³-hybridized carbons (Fsp3) is 0.143. The zero-order valence-electron chi connectivity index (χ0n) is 19.0. The lowest BCUT2D eigenvalue weighted by molar-refractivity contribution is 0.483. The van der Waals surface area contributed by atoms with Crippen LogP contribution in [0, 0.1) is 0 Å². The van der Waals surface area contributed by atoms with Crippen molar-refractivity contribution in [1.29, 1.82) is 0 Å². The van der Waals surface area contributed by atoms with Crippen molar-refractivity contribution >= 4 is 28.0 Å². The number of ether oxygens (including phenoxy) is 1. The van der Waals surface area contributed by atoms with E-state index in [9.17, 15) is 4.79 Å². The van der Waals surface area contributed by atoms with Crippen LogP contribution in [0.25, 0.3) is 32.8 Å². The number of hydrogen-bond acceptors (Lipinski definition) is 6. The second-order valence-corrected chi connectivity index (χ2v) is 8.68. The van der Waals surface area contributed by atoms with Crippen molar-refractivity contribution in [3.63, 3.8) is 0 Å². The Bertz CT molecular complexity index is 1470. The summed E-state index contributed by atoms with van der Waals surface area (Å²) in [6.07, 6.45) is 0. The lowest BCUT2D eigenvalue weighted by Gasteiger charge is -2.20. The summed E-state index contributed by atoms with van der Waals surface area (Å²) in [5, 5.41) is 3.47. The molecule has 3 aromatic carbocycles. The Hall–Kier alpha value is -3.90. The van der Waals surface area contributed by atoms with Crippen LogP contribution < -0.4 is 15.3 Å². The minimum Gasteiger partial charge on any atom is -0.457 e. The highest BCUT2D eigenvalue weighted by Gasteiger charge is 2.14. The van der Waals surface area contributed by atoms with Gasteiger partial charge in [0.2, 0.25) is 0 Å². The van der Waals surface area contributed by atoms with Crippen LogP contribution in [-0.4, -0.2) is 18.1 Å². The van der Waals surface area contributed by atoms with Crippen LogP contribution in [0.3, 0.4) is 0 Å². The summed E-state index contributed by atoms with van der Waals surface area (Å²) >= 11 is 1.43. The van der Waals surface area contributed by atoms with Crippen LogP contribution in [-0.2, 0) is 0 Å². The molecule has 0 aliphatic carbocycles. The molecule has 0 unspecified atom stereocenters. The topological polar surface area (TPSA) is 55.6 Å². The van der Waals surface area contributed by atoms with E-state index in [-0.39, 0.29) is 5.63 Å². The maximum Gasteiger partial charge on any atom is 0.346 e. The number of hydrogen-bond donors (Lipinski definition) is 0. The number of rotatable bonds is 7. The third-order valence-corrected chi connectivity index (χ3v) is 6.59. The molecule has 0 amide bonds. The highest BCUT2D eigenvalue weighted by atomic mass is 32.1. The molecule has 5 aromatic rings. The summed E-state index contributed by atoms with van der Waals surface area (Å²) in [4.78, 5) is 19.7. The second kappa shape index (κ2) is 9.53. The molecule has 6 heteroatoms. The fourth-order valence-corrected chi connectivity index (χ4v) is 4.72. The predicted molar refractivity (Wildman–Crippen MR) is 139 cm³/mol. The summed E-state index contributed by atoms with van der Waals surface area (Å²) in [6.45, 7) is 6.00. The van der Waals surface area contributed by atoms with Crippen molar-refractivity contribution in [1.82, 2.24) is 4.98 Å². The first-order valence-corrected chi connectivity index (χ1v) is 12.1. The predicted octanol–water partition coefficient (Wildman–Crippen LogP) is 7.22. The van der Waals surface area contributed by atoms with Crippen molar-refractivity contribution in [3.8, 4) is 33.3 Å². The number of benzene rings is 3. The van der Waals surface area contributed by atoms with E-state index in [1.807, 2.05) is 78.2 Å². The summed E-state index contributed by atoms with van der Waals surface area (Å²) < 4.78 is 11.5. The van der Waals surface area contributed by atoms with Gasteiger partial charge in [-0.05, 0) is 68.4 Å². The molecule has 5 nitrogen and oxygen atoms in total. The molecule has 0 radical (unpaired) electrons. The monoisotopic (exact) mass is 468 g/mol. The molecule has 34 heavy (non-hydrogen) atoms. The van der Waals surface area contributed by atoms with Crippen LogP contribution in [0.4, 0.5) is 5.69 Å². The van der Waals surface area contributed by atoms with E-state index in [0.717, 1.165) is 46.9 Å². The Balaban J connectivity index is 1.40. The van der Waals surface area contributed by atoms with E-state index in [0.29, 0.717) is 16.2 Å². The molecule has 0 saturated heterocycles. The molecule has 0 atom stereocenters. The van der Waals surface area contributed by atoms with Crippen LogP contribution in [0.1, 0.15) is 13.8 Å². The Morgan fingerprint density at radius 3 is 2.38 bits per heavy atom. The number of nitrogens with zero attached hydrogens (tertiary/aromatic N) is 2. The van der Waals surface area contributed by atoms with E-state index >= 15 is 0 Å². The number of aromatic nitrogens is 1. The highest BCUT2D eigenvalue weighted by molar-refractivity contribution is 7.13. The Kier molecular flexibility index (Phi) is 6.14. The number of thiazole rings is 1. The molecule has 5 rings (SSSR count). The largest absolute Gasteiger partial charge is 0.457 e. The zero-order valence-corrected chi connectivity index (χ0v) is 19.8. The van der Waals surface area contributed by atoms with Crippen molar-refractivity contribution in [2.24, 2.45) is 0 Å². The SMILES string of the molecule is CCN(CC)c1ccc2cc(-c3nc(-c4ccc(Oc5ccccc5)cc4)cs3)c(=O)oc2c1. The lowest BCUT2D eigenvalue weighted by atomic mass is 10.1. The lowest BCUT2D eigenvalue weighted by Crippen LogP contribution is -2.21. The molecule has 0 N–H and O–H groups in total. The minimum atomic E-state index is -0.378. The molecule has 0 spiro atoms. The van der Waals surface area contributed by atoms with E-state index in [2.05, 4.69) is 24.8 Å². The maximum atomic E-state index is 12.8. The van der Waals surface area contributed by atoms with Gasteiger partial charge in [-0.25, -0.2) is 9.78 Å². The molecular weight excluding hydrogens is 444 g/mol. The van der Waals surface area contributed by atoms with Crippen LogP contribution in [0.5, 0.6) is 11.5 Å². The normalized spacial score (nSPS) is 11.0. The Morgan fingerprint density at radius 1 is 0.912 bits per heavy atom. The van der Waals surface area contributed by atoms with Crippen molar-refractivity contribution in [2.45, 2.75) is 13.8 Å². The molecule has 0 saturated carbocycles. The molecular formula is C28H24N2O3S. The average molecular weight is 469 g/mol. The van der Waals surface area contributed by atoms with Crippen LogP contribution >= 0.6 is 11.3 Å². The molecule has 0 aliphatic heterocycles. The maximum absolute atomic E-state index is 12.8. The summed E-state index contributed by atoms with van der Waals surface area (Å²) in [5.74, 6) is 1.54. The van der Waals surface area contributed by atoms with Crippen molar-refractivity contribution in [2.75, 3.05) is 18.0 Å². The summed E-state index contributed by atoms with van der Waals surface area (Å²) in [7, 11) is 0. The van der Waals surface area contributed by atoms with Gasteiger partial charge in [-0.15, -0.1) is 11.3 Å². The average Bonchev–Trinajstić information content (AvgIpc) is 3.35. The van der Waals surface area contributed by atoms with Gasteiger partial charge in [0.25, 0.3) is 0 Å². The molecule has 2 heterocycles. The first-order chi connectivity index (χ1) is 16.6. The third-order valence-electron chi connectivity index (χ3n) is 5.71. The van der Waals surface area contributed by atoms with Gasteiger partial charge in [-0.1, -0.05) is 18.2 Å². The summed E-state index contributed by atoms with van der Waals surface area (Å²) in [5.41, 5.74) is 3.49. The third kappa shape index (κ3) is 4.45. The summed E-state index contributed by atoms with van der Waals surface area (Å²) in [6, 6.07) is 25.3. The Labute approximate surface area is 201 Å². The van der Waals surface area contributed by atoms with Gasteiger partial charge < -0.3 is 14.1 Å². The van der Waals surface area contributed by atoms with E-state index in [1.54, 1.807) is 0 Å². The quantitative estimate of drug-likeness (QED) is 0.236. The van der Waals surface area contributed by atoms with Gasteiger partial charge in [0.1, 0.15) is 22.1 Å². The highest BCUT2D eigenvalue weighted by Crippen LogP contribution is 2.31. The van der Waals surface area contributed by atoms with Gasteiger partial charge in [-0.2, -0.15) is 0 Å². The first-order valence-electron chi connectivity index (χ1n) is 11.3. The van der Waals surface area contributed by atoms with Crippen LogP contribution in [0.2, 0.25) is 0 Å². The van der Waals surface area contributed by atoms with Gasteiger partial charge in [0.15, 0.2) is 0 Å². The first kappa shape index (κ1) is 21.9. The van der Waals surface area contributed by atoms with Gasteiger partial charge in [-0.3, -0.25) is 0 Å². The van der Waals surface area contributed by atoms with E-state index in [1.165, 1.54) is 11.3 Å². The fourth-order valence-electron chi connectivity index (χ4n) is 3.88. The van der Waals surface area contributed by atoms with E-state index in [4.69, 9.17) is 14.1 Å². The van der Waals surface area contributed by atoms with Crippen LogP contribution in [0.15, 0.2) is 93.5 Å². The second-order valence-electron chi connectivity index (χ2n) is 7.82. The smallest absolute Gasteiger partial charge is 0.346 e. The zero-order chi connectivity index (χ0) is 23.5. The van der Waals surface area contributed by atoms with Crippen molar-refractivity contribution < 1.29 is 9.15 Å². The molecule has 2 aromatic heterocycles. The molecule has 0 bridgehead atoms. The molecule has 0 fully saturated rings. The van der Waals surface area contributed by atoms with E-state index < -0.39 is 0 Å². The Morgan fingerprint density at radius 2 is 1.65 bits per heavy atom. The number of para-hydroxylation sites is 1.